The fourth-order valence-electron chi connectivity index (χ4n) is 3.02. The minimum atomic E-state index is -0.643. The van der Waals surface area contributed by atoms with Crippen molar-refractivity contribution in [1.29, 1.82) is 0 Å². The third kappa shape index (κ3) is 4.52. The Labute approximate surface area is 175 Å². The summed E-state index contributed by atoms with van der Waals surface area (Å²) >= 11 is 5.83. The molecule has 1 aliphatic rings. The number of nitro benzene ring substituents is 1. The van der Waals surface area contributed by atoms with Gasteiger partial charge in [-0.05, 0) is 24.6 Å². The average molecular weight is 430 g/mol. The second-order valence-electron chi connectivity index (χ2n) is 6.56. The van der Waals surface area contributed by atoms with E-state index in [1.165, 1.54) is 12.1 Å². The molecule has 0 spiro atoms. The summed E-state index contributed by atoms with van der Waals surface area (Å²) in [7, 11) is 0. The number of carbonyl (C=O) groups is 4. The second-order valence-corrected chi connectivity index (χ2v) is 7.00. The first-order chi connectivity index (χ1) is 14.3. The molecule has 0 unspecified atom stereocenters. The Bertz CT molecular complexity index is 1070. The van der Waals surface area contributed by atoms with Crippen LogP contribution >= 0.6 is 11.6 Å². The molecule has 0 aromatic heterocycles. The summed E-state index contributed by atoms with van der Waals surface area (Å²) in [6, 6.07) is 9.85. The number of rotatable bonds is 8. The molecule has 9 nitrogen and oxygen atoms in total. The van der Waals surface area contributed by atoms with Gasteiger partial charge in [0.05, 0.1) is 22.6 Å². The molecule has 0 bridgehead atoms. The van der Waals surface area contributed by atoms with Crippen molar-refractivity contribution in [3.63, 3.8) is 0 Å². The number of halogens is 1. The molecule has 1 N–H and O–H groups in total. The number of hydrogen-bond acceptors (Lipinski definition) is 6. The number of hydrogen-bond donors (Lipinski definition) is 1. The normalized spacial score (nSPS) is 12.6. The number of fused-ring (bicyclic) bond motifs is 1. The van der Waals surface area contributed by atoms with E-state index in [4.69, 9.17) is 11.6 Å². The Morgan fingerprint density at radius 1 is 1.07 bits per heavy atom. The van der Waals surface area contributed by atoms with Gasteiger partial charge in [0.1, 0.15) is 0 Å². The summed E-state index contributed by atoms with van der Waals surface area (Å²) in [5.74, 6) is -1.89. The number of carbonyl (C=O) groups excluding carboxylic acids is 4. The summed E-state index contributed by atoms with van der Waals surface area (Å²) < 4.78 is 0. The van der Waals surface area contributed by atoms with Gasteiger partial charge in [-0.3, -0.25) is 34.2 Å². The molecular formula is C20H16ClN3O6. The smallest absolute Gasteiger partial charge is 0.270 e. The summed E-state index contributed by atoms with van der Waals surface area (Å²) in [6.45, 7) is -0.217. The summed E-state index contributed by atoms with van der Waals surface area (Å²) in [4.78, 5) is 59.9. The van der Waals surface area contributed by atoms with Gasteiger partial charge in [0.2, 0.25) is 5.91 Å². The predicted octanol–water partition coefficient (Wildman–Crippen LogP) is 2.62. The average Bonchev–Trinajstić information content (AvgIpc) is 2.96. The largest absolute Gasteiger partial charge is 0.349 e. The SMILES string of the molecule is O=C(CCCN1C(=O)c2ccc([N+](=O)[O-])cc2C1=O)NCC(=O)c1cccc(Cl)c1. The van der Waals surface area contributed by atoms with E-state index < -0.39 is 22.6 Å². The Morgan fingerprint density at radius 3 is 2.50 bits per heavy atom. The first-order valence-electron chi connectivity index (χ1n) is 8.98. The van der Waals surface area contributed by atoms with Crippen molar-refractivity contribution < 1.29 is 24.1 Å². The molecule has 0 atom stereocenters. The van der Waals surface area contributed by atoms with Crippen LogP contribution in [0.5, 0.6) is 0 Å². The Balaban J connectivity index is 1.49. The Morgan fingerprint density at radius 2 is 1.80 bits per heavy atom. The highest BCUT2D eigenvalue weighted by Gasteiger charge is 2.36. The van der Waals surface area contributed by atoms with Gasteiger partial charge in [0.25, 0.3) is 17.5 Å². The van der Waals surface area contributed by atoms with E-state index in [0.29, 0.717) is 10.6 Å². The zero-order chi connectivity index (χ0) is 21.8. The molecule has 154 valence electrons. The number of nitro groups is 1. The zero-order valence-corrected chi connectivity index (χ0v) is 16.3. The van der Waals surface area contributed by atoms with Gasteiger partial charge >= 0.3 is 0 Å². The quantitative estimate of drug-likeness (QED) is 0.297. The fraction of sp³-hybridized carbons (Fsp3) is 0.200. The van der Waals surface area contributed by atoms with E-state index in [1.807, 2.05) is 0 Å². The number of benzene rings is 2. The van der Waals surface area contributed by atoms with Crippen LogP contribution < -0.4 is 5.32 Å². The van der Waals surface area contributed by atoms with Crippen molar-refractivity contribution >= 4 is 40.8 Å². The molecule has 0 saturated heterocycles. The standard InChI is InChI=1S/C20H16ClN3O6/c21-13-4-1-3-12(9-13)17(25)11-22-18(26)5-2-8-23-19(27)15-7-6-14(24(29)30)10-16(15)20(23)28/h1,3-4,6-7,9-10H,2,5,8,11H2,(H,22,26). The highest BCUT2D eigenvalue weighted by atomic mass is 35.5. The highest BCUT2D eigenvalue weighted by Crippen LogP contribution is 2.27. The predicted molar refractivity (Wildman–Crippen MR) is 106 cm³/mol. The van der Waals surface area contributed by atoms with E-state index in [0.717, 1.165) is 17.0 Å². The van der Waals surface area contributed by atoms with Gasteiger partial charge in [-0.25, -0.2) is 0 Å². The molecule has 0 radical (unpaired) electrons. The van der Waals surface area contributed by atoms with E-state index in [1.54, 1.807) is 18.2 Å². The molecule has 1 aliphatic heterocycles. The molecule has 0 fully saturated rings. The van der Waals surface area contributed by atoms with Gasteiger partial charge < -0.3 is 5.32 Å². The fourth-order valence-corrected chi connectivity index (χ4v) is 3.21. The lowest BCUT2D eigenvalue weighted by Crippen LogP contribution is -2.33. The minimum absolute atomic E-state index is 0.00359. The van der Waals surface area contributed by atoms with Crippen molar-refractivity contribution in [2.75, 3.05) is 13.1 Å². The molecule has 3 amide bonds. The lowest BCUT2D eigenvalue weighted by atomic mass is 10.1. The highest BCUT2D eigenvalue weighted by molar-refractivity contribution is 6.31. The van der Waals surface area contributed by atoms with Crippen LogP contribution in [0, 0.1) is 10.1 Å². The van der Waals surface area contributed by atoms with Crippen molar-refractivity contribution in [3.05, 3.63) is 74.3 Å². The summed E-state index contributed by atoms with van der Waals surface area (Å²) in [5, 5.41) is 13.8. The monoisotopic (exact) mass is 429 g/mol. The van der Waals surface area contributed by atoms with Crippen molar-refractivity contribution in [2.24, 2.45) is 0 Å². The van der Waals surface area contributed by atoms with Crippen LogP contribution in [-0.2, 0) is 4.79 Å². The number of Topliss-reactive ketones (excluding diaryl/α,β-unsaturated/α-hetero) is 1. The maximum absolute atomic E-state index is 12.4. The van der Waals surface area contributed by atoms with Gasteiger partial charge in [-0.1, -0.05) is 23.7 Å². The zero-order valence-electron chi connectivity index (χ0n) is 15.6. The molecule has 30 heavy (non-hydrogen) atoms. The van der Waals surface area contributed by atoms with Gasteiger partial charge in [0.15, 0.2) is 5.78 Å². The molecule has 0 saturated carbocycles. The van der Waals surface area contributed by atoms with Crippen LogP contribution in [0.25, 0.3) is 0 Å². The van der Waals surface area contributed by atoms with Crippen LogP contribution in [0.4, 0.5) is 5.69 Å². The third-order valence-electron chi connectivity index (χ3n) is 4.54. The van der Waals surface area contributed by atoms with E-state index >= 15 is 0 Å². The van der Waals surface area contributed by atoms with Crippen LogP contribution in [0.3, 0.4) is 0 Å². The van der Waals surface area contributed by atoms with Crippen LogP contribution in [0.15, 0.2) is 42.5 Å². The van der Waals surface area contributed by atoms with Gasteiger partial charge in [-0.2, -0.15) is 0 Å². The molecular weight excluding hydrogens is 414 g/mol. The van der Waals surface area contributed by atoms with Crippen molar-refractivity contribution in [3.8, 4) is 0 Å². The maximum Gasteiger partial charge on any atom is 0.270 e. The van der Waals surface area contributed by atoms with Crippen LogP contribution in [-0.4, -0.2) is 46.4 Å². The maximum atomic E-state index is 12.4. The molecule has 3 rings (SSSR count). The molecule has 2 aromatic carbocycles. The van der Waals surface area contributed by atoms with Gasteiger partial charge in [0, 0.05) is 35.7 Å². The summed E-state index contributed by atoms with van der Waals surface area (Å²) in [5.41, 5.74) is 0.177. The Hall–Kier alpha value is -3.59. The number of nitrogens with zero attached hydrogens (tertiary/aromatic N) is 2. The lowest BCUT2D eigenvalue weighted by molar-refractivity contribution is -0.384. The van der Waals surface area contributed by atoms with Crippen molar-refractivity contribution in [2.45, 2.75) is 12.8 Å². The number of nitrogens with one attached hydrogen (secondary N) is 1. The number of amides is 3. The number of ketones is 1. The van der Waals surface area contributed by atoms with Crippen LogP contribution in [0.1, 0.15) is 43.9 Å². The van der Waals surface area contributed by atoms with E-state index in [9.17, 15) is 29.3 Å². The van der Waals surface area contributed by atoms with Crippen LogP contribution in [0.2, 0.25) is 5.02 Å². The Kier molecular flexibility index (Phi) is 6.22. The molecule has 10 heteroatoms. The number of non-ortho nitro benzene ring substituents is 1. The molecule has 2 aromatic rings. The van der Waals surface area contributed by atoms with Gasteiger partial charge in [-0.15, -0.1) is 0 Å². The third-order valence-corrected chi connectivity index (χ3v) is 4.78. The molecule has 1 heterocycles. The second kappa shape index (κ2) is 8.83. The minimum Gasteiger partial charge on any atom is -0.349 e. The molecule has 0 aliphatic carbocycles. The topological polar surface area (TPSA) is 127 Å². The first kappa shape index (κ1) is 21.1. The van der Waals surface area contributed by atoms with E-state index in [-0.39, 0.29) is 48.5 Å². The summed E-state index contributed by atoms with van der Waals surface area (Å²) in [6.07, 6.45) is 0.182. The first-order valence-corrected chi connectivity index (χ1v) is 9.36. The lowest BCUT2D eigenvalue weighted by Gasteiger charge is -2.13. The van der Waals surface area contributed by atoms with Crippen molar-refractivity contribution in [1.82, 2.24) is 10.2 Å². The van der Waals surface area contributed by atoms with E-state index in [2.05, 4.69) is 5.32 Å². The number of imide groups is 1.